The number of nitrogens with zero attached hydrogens (tertiary/aromatic N) is 3. The lowest BCUT2D eigenvalue weighted by atomic mass is 9.71. The number of benzene rings is 4. The second-order valence-corrected chi connectivity index (χ2v) is 17.4. The molecule has 0 N–H and O–H groups in total. The van der Waals surface area contributed by atoms with Gasteiger partial charge in [-0.15, -0.1) is 0 Å². The summed E-state index contributed by atoms with van der Waals surface area (Å²) in [5.74, 6) is 0.551. The largest absolute Gasteiger partial charge is 0.312 e. The van der Waals surface area contributed by atoms with Crippen LogP contribution >= 0.6 is 0 Å². The minimum absolute atomic E-state index is 0.0279. The van der Waals surface area contributed by atoms with E-state index in [1.54, 1.807) is 0 Å². The van der Waals surface area contributed by atoms with Gasteiger partial charge in [0.05, 0.1) is 34.1 Å². The van der Waals surface area contributed by atoms with Crippen LogP contribution in [0.1, 0.15) is 68.0 Å². The van der Waals surface area contributed by atoms with E-state index in [0.717, 1.165) is 48.3 Å². The van der Waals surface area contributed by atoms with E-state index in [9.17, 15) is 0 Å². The van der Waals surface area contributed by atoms with Crippen molar-refractivity contribution in [3.63, 3.8) is 0 Å². The van der Waals surface area contributed by atoms with Crippen molar-refractivity contribution in [2.75, 3.05) is 0 Å². The van der Waals surface area contributed by atoms with E-state index in [-0.39, 0.29) is 23.3 Å². The number of aromatic nitrogens is 2. The van der Waals surface area contributed by atoms with Crippen molar-refractivity contribution in [1.29, 1.82) is 0 Å². The lowest BCUT2D eigenvalue weighted by molar-refractivity contribution is 0.493. The molecule has 4 atom stereocenters. The smallest absolute Gasteiger partial charge is 0.0834 e. The summed E-state index contributed by atoms with van der Waals surface area (Å²) in [5, 5.41) is 1.27. The molecule has 296 valence electrons. The molecule has 4 aliphatic carbocycles. The molecule has 2 aromatic heterocycles. The van der Waals surface area contributed by atoms with Crippen LogP contribution in [0.5, 0.6) is 0 Å². The molecule has 0 fully saturated rings. The molecule has 3 unspecified atom stereocenters. The van der Waals surface area contributed by atoms with E-state index in [2.05, 4.69) is 213 Å². The standard InChI is InChI=1S/C58H49N3/c1-39-36-48(61-53-23-13-12-22-50(53)55-56(46-20-10-5-11-21-46)60-54-24-14-15-35-58(54,2)57(55)61)33-34-49(39)43-29-25-42(26-30-43)47-37-51(44-18-8-4-9-19-44)59-52(38-47)45-31-27-41(28-32-45)40-16-6-3-7-17-40/h3-4,6-8,10,12-18,20-39,49,54H,5,9,11,19H2,1-2H3/t39?,49?,54?,58-/m1/s1. The van der Waals surface area contributed by atoms with Crippen molar-refractivity contribution >= 4 is 27.9 Å². The van der Waals surface area contributed by atoms with Gasteiger partial charge in [-0.1, -0.05) is 177 Å². The summed E-state index contributed by atoms with van der Waals surface area (Å²) in [7, 11) is 0. The zero-order chi connectivity index (χ0) is 40.9. The first-order valence-corrected chi connectivity index (χ1v) is 22.0. The highest BCUT2D eigenvalue weighted by Crippen LogP contribution is 2.48. The number of fused-ring (bicyclic) bond motifs is 5. The number of allylic oxidation sites excluding steroid dienone is 14. The molecular weight excluding hydrogens is 739 g/mol. The highest BCUT2D eigenvalue weighted by molar-refractivity contribution is 6.23. The van der Waals surface area contributed by atoms with Gasteiger partial charge in [-0.2, -0.15) is 0 Å². The second-order valence-electron chi connectivity index (χ2n) is 17.4. The van der Waals surface area contributed by atoms with E-state index >= 15 is 0 Å². The molecular formula is C58H49N3. The third kappa shape index (κ3) is 6.60. The fraction of sp³-hybridized carbons (Fsp3) is 0.172. The van der Waals surface area contributed by atoms with Crippen molar-refractivity contribution in [3.8, 4) is 33.5 Å². The molecule has 0 spiro atoms. The number of pyridine rings is 1. The van der Waals surface area contributed by atoms with Crippen LogP contribution in [-0.4, -0.2) is 21.3 Å². The van der Waals surface area contributed by atoms with Gasteiger partial charge in [0, 0.05) is 33.8 Å². The van der Waals surface area contributed by atoms with Gasteiger partial charge in [0.15, 0.2) is 0 Å². The van der Waals surface area contributed by atoms with Gasteiger partial charge in [-0.25, -0.2) is 4.98 Å². The third-order valence-electron chi connectivity index (χ3n) is 13.4. The van der Waals surface area contributed by atoms with Gasteiger partial charge in [0.2, 0.25) is 0 Å². The third-order valence-corrected chi connectivity index (χ3v) is 13.4. The maximum absolute atomic E-state index is 5.51. The normalized spacial score (nSPS) is 22.6. The van der Waals surface area contributed by atoms with Crippen molar-refractivity contribution in [2.24, 2.45) is 10.9 Å². The van der Waals surface area contributed by atoms with Crippen LogP contribution in [-0.2, 0) is 5.41 Å². The summed E-state index contributed by atoms with van der Waals surface area (Å²) in [6.07, 6.45) is 34.1. The Labute approximate surface area is 359 Å². The van der Waals surface area contributed by atoms with E-state index in [0.29, 0.717) is 0 Å². The fourth-order valence-corrected chi connectivity index (χ4v) is 10.1. The summed E-state index contributed by atoms with van der Waals surface area (Å²) in [5.41, 5.74) is 17.8. The topological polar surface area (TPSA) is 30.2 Å². The average Bonchev–Trinajstić information content (AvgIpc) is 3.69. The van der Waals surface area contributed by atoms with Crippen LogP contribution in [0, 0.1) is 5.92 Å². The minimum Gasteiger partial charge on any atom is -0.312 e. The van der Waals surface area contributed by atoms with E-state index in [1.165, 1.54) is 66.8 Å². The Morgan fingerprint density at radius 2 is 1.43 bits per heavy atom. The number of aliphatic imine (C=N–C) groups is 1. The van der Waals surface area contributed by atoms with Gasteiger partial charge in [0.1, 0.15) is 0 Å². The van der Waals surface area contributed by atoms with Crippen LogP contribution in [0.15, 0.2) is 205 Å². The Bertz CT molecular complexity index is 2970. The predicted molar refractivity (Wildman–Crippen MR) is 257 cm³/mol. The zero-order valence-corrected chi connectivity index (χ0v) is 34.9. The van der Waals surface area contributed by atoms with Gasteiger partial charge in [-0.05, 0) is 102 Å². The maximum Gasteiger partial charge on any atom is 0.0834 e. The lowest BCUT2D eigenvalue weighted by Crippen LogP contribution is -2.41. The van der Waals surface area contributed by atoms with Crippen molar-refractivity contribution in [1.82, 2.24) is 9.55 Å². The molecule has 3 nitrogen and oxygen atoms in total. The lowest BCUT2D eigenvalue weighted by Gasteiger charge is -2.39. The molecule has 5 aliphatic rings. The van der Waals surface area contributed by atoms with E-state index in [1.807, 2.05) is 0 Å². The van der Waals surface area contributed by atoms with Crippen LogP contribution in [0.2, 0.25) is 0 Å². The fourth-order valence-electron chi connectivity index (χ4n) is 10.1. The molecule has 61 heavy (non-hydrogen) atoms. The minimum atomic E-state index is -0.279. The number of hydrogen-bond acceptors (Lipinski definition) is 2. The maximum atomic E-state index is 5.51. The second kappa shape index (κ2) is 15.3. The molecule has 0 radical (unpaired) electrons. The average molecular weight is 788 g/mol. The Hall–Kier alpha value is -6.84. The van der Waals surface area contributed by atoms with Crippen molar-refractivity contribution in [3.05, 3.63) is 222 Å². The Balaban J connectivity index is 0.929. The highest BCUT2D eigenvalue weighted by Gasteiger charge is 2.44. The molecule has 3 heteroatoms. The first-order valence-electron chi connectivity index (χ1n) is 22.0. The highest BCUT2D eigenvalue weighted by atomic mass is 15.0. The van der Waals surface area contributed by atoms with Crippen LogP contribution in [0.25, 0.3) is 55.7 Å². The van der Waals surface area contributed by atoms with Gasteiger partial charge >= 0.3 is 0 Å². The summed E-state index contributed by atoms with van der Waals surface area (Å²) in [6.45, 7) is 4.74. The zero-order valence-electron chi connectivity index (χ0n) is 34.9. The molecule has 11 rings (SSSR count). The molecule has 0 amide bonds. The van der Waals surface area contributed by atoms with Crippen LogP contribution < -0.4 is 0 Å². The van der Waals surface area contributed by atoms with Gasteiger partial charge in [-0.3, -0.25) is 4.99 Å². The number of para-hydroxylation sites is 1. The molecule has 3 heterocycles. The van der Waals surface area contributed by atoms with Crippen molar-refractivity contribution in [2.45, 2.75) is 56.9 Å². The summed E-state index contributed by atoms with van der Waals surface area (Å²) >= 11 is 0. The van der Waals surface area contributed by atoms with Crippen LogP contribution in [0.3, 0.4) is 0 Å². The Morgan fingerprint density at radius 1 is 0.672 bits per heavy atom. The summed E-state index contributed by atoms with van der Waals surface area (Å²) in [4.78, 5) is 10.8. The monoisotopic (exact) mass is 787 g/mol. The molecule has 0 bridgehead atoms. The first kappa shape index (κ1) is 37.2. The Morgan fingerprint density at radius 3 is 2.21 bits per heavy atom. The molecule has 6 aromatic rings. The molecule has 1 aliphatic heterocycles. The van der Waals surface area contributed by atoms with Crippen LogP contribution in [0.4, 0.5) is 0 Å². The summed E-state index contributed by atoms with van der Waals surface area (Å²) in [6, 6.07) is 42.2. The van der Waals surface area contributed by atoms with E-state index < -0.39 is 0 Å². The first-order chi connectivity index (χ1) is 30.0. The molecule has 4 aromatic carbocycles. The summed E-state index contributed by atoms with van der Waals surface area (Å²) < 4.78 is 2.56. The Kier molecular flexibility index (Phi) is 9.34. The van der Waals surface area contributed by atoms with Gasteiger partial charge < -0.3 is 4.57 Å². The number of rotatable bonds is 7. The van der Waals surface area contributed by atoms with E-state index in [4.69, 9.17) is 9.98 Å². The van der Waals surface area contributed by atoms with Gasteiger partial charge in [0.25, 0.3) is 0 Å². The quantitative estimate of drug-likeness (QED) is 0.158. The van der Waals surface area contributed by atoms with Crippen molar-refractivity contribution < 1.29 is 0 Å². The molecule has 0 saturated heterocycles. The molecule has 0 saturated carbocycles. The SMILES string of the molecule is CC1C=C(n2c3c(c4ccccc42)C(C2=CCCC=C2)=NC2C=CC=C[C@@]32C)C=CC1c1ccc(-c2cc(C3=CC=CCC3)nc(-c3ccc(-c4ccccc4)cc3)c2)cc1. The number of hydrogen-bond donors (Lipinski definition) is 0. The predicted octanol–water partition coefficient (Wildman–Crippen LogP) is 14.4.